The molecule has 0 aliphatic carbocycles. The summed E-state index contributed by atoms with van der Waals surface area (Å²) in [7, 11) is 1.58. The van der Waals surface area contributed by atoms with E-state index in [1.807, 2.05) is 24.3 Å². The Morgan fingerprint density at radius 3 is 2.63 bits per heavy atom. The Kier molecular flexibility index (Phi) is 2.91. The first-order valence-electron chi connectivity index (χ1n) is 5.85. The maximum Gasteiger partial charge on any atom is 0.233 e. The molecule has 0 spiro atoms. The molecule has 1 atom stereocenters. The van der Waals surface area contributed by atoms with E-state index >= 15 is 0 Å². The van der Waals surface area contributed by atoms with Gasteiger partial charge in [-0.05, 0) is 35.9 Å². The largest absolute Gasteiger partial charge is 0.497 e. The van der Waals surface area contributed by atoms with Gasteiger partial charge < -0.3 is 9.47 Å². The van der Waals surface area contributed by atoms with Gasteiger partial charge in [0.1, 0.15) is 17.2 Å². The summed E-state index contributed by atoms with van der Waals surface area (Å²) < 4.78 is 11.0. The minimum absolute atomic E-state index is 0.426. The average molecular weight is 275 g/mol. The normalized spacial score (nSPS) is 16.0. The van der Waals surface area contributed by atoms with Crippen LogP contribution in [0.25, 0.3) is 0 Å². The third-order valence-electron chi connectivity index (χ3n) is 3.20. The highest BCUT2D eigenvalue weighted by molar-refractivity contribution is 6.65. The quantitative estimate of drug-likeness (QED) is 0.784. The number of benzene rings is 2. The zero-order valence-electron chi connectivity index (χ0n) is 10.2. The second-order valence-corrected chi connectivity index (χ2v) is 4.65. The Balaban J connectivity index is 2.21. The first-order chi connectivity index (χ1) is 9.20. The van der Waals surface area contributed by atoms with E-state index in [1.54, 1.807) is 25.3 Å². The molecule has 19 heavy (non-hydrogen) atoms. The highest BCUT2D eigenvalue weighted by Gasteiger charge is 2.31. The molecule has 0 unspecified atom stereocenters. The third kappa shape index (κ3) is 1.96. The molecule has 1 aliphatic rings. The molecule has 4 heteroatoms. The fourth-order valence-electron chi connectivity index (χ4n) is 2.31. The standard InChI is InChI=1S/C15H11ClO3/c1-18-9-6-7-13-11(8-9)14(15(16)17)10-4-2-3-5-12(10)19-13/h2-8,14H,1H3/t14-/m1/s1. The molecule has 0 aromatic heterocycles. The summed E-state index contributed by atoms with van der Waals surface area (Å²) in [4.78, 5) is 11.8. The molecule has 2 aromatic rings. The second-order valence-electron chi connectivity index (χ2n) is 4.28. The first kappa shape index (κ1) is 12.1. The van der Waals surface area contributed by atoms with E-state index in [2.05, 4.69) is 0 Å². The van der Waals surface area contributed by atoms with Crippen molar-refractivity contribution in [3.8, 4) is 17.2 Å². The van der Waals surface area contributed by atoms with E-state index in [9.17, 15) is 4.79 Å². The summed E-state index contributed by atoms with van der Waals surface area (Å²) in [5, 5.41) is -0.426. The number of methoxy groups -OCH3 is 1. The number of ether oxygens (including phenoxy) is 2. The van der Waals surface area contributed by atoms with Gasteiger partial charge in [0.05, 0.1) is 13.0 Å². The van der Waals surface area contributed by atoms with Gasteiger partial charge in [0, 0.05) is 11.1 Å². The smallest absolute Gasteiger partial charge is 0.233 e. The van der Waals surface area contributed by atoms with Gasteiger partial charge >= 0.3 is 0 Å². The minimum Gasteiger partial charge on any atom is -0.497 e. The predicted octanol–water partition coefficient (Wildman–Crippen LogP) is 3.70. The van der Waals surface area contributed by atoms with Crippen LogP contribution in [0.4, 0.5) is 0 Å². The molecule has 0 fully saturated rings. The molecule has 3 nitrogen and oxygen atoms in total. The molecule has 3 rings (SSSR count). The number of carbonyl (C=O) groups excluding carboxylic acids is 1. The summed E-state index contributed by atoms with van der Waals surface area (Å²) in [5.41, 5.74) is 1.52. The predicted molar refractivity (Wildman–Crippen MR) is 72.2 cm³/mol. The Morgan fingerprint density at radius 2 is 1.89 bits per heavy atom. The van der Waals surface area contributed by atoms with Crippen LogP contribution in [0.5, 0.6) is 17.2 Å². The van der Waals surface area contributed by atoms with Crippen LogP contribution in [0.1, 0.15) is 17.0 Å². The van der Waals surface area contributed by atoms with Crippen molar-refractivity contribution in [2.75, 3.05) is 7.11 Å². The van der Waals surface area contributed by atoms with Crippen molar-refractivity contribution in [1.29, 1.82) is 0 Å². The molecule has 0 saturated heterocycles. The van der Waals surface area contributed by atoms with Gasteiger partial charge in [-0.3, -0.25) is 4.79 Å². The van der Waals surface area contributed by atoms with Crippen LogP contribution in [-0.4, -0.2) is 12.4 Å². The Labute approximate surface area is 115 Å². The van der Waals surface area contributed by atoms with E-state index in [1.165, 1.54) is 0 Å². The highest BCUT2D eigenvalue weighted by atomic mass is 35.5. The van der Waals surface area contributed by atoms with Gasteiger partial charge in [0.2, 0.25) is 5.24 Å². The Morgan fingerprint density at radius 1 is 1.16 bits per heavy atom. The number of rotatable bonds is 2. The topological polar surface area (TPSA) is 35.5 Å². The van der Waals surface area contributed by atoms with Crippen molar-refractivity contribution in [2.45, 2.75) is 5.92 Å². The van der Waals surface area contributed by atoms with E-state index in [0.717, 1.165) is 11.1 Å². The van der Waals surface area contributed by atoms with Crippen molar-refractivity contribution in [2.24, 2.45) is 0 Å². The van der Waals surface area contributed by atoms with Crippen molar-refractivity contribution in [1.82, 2.24) is 0 Å². The van der Waals surface area contributed by atoms with Crippen LogP contribution in [0.15, 0.2) is 42.5 Å². The molecule has 1 aliphatic heterocycles. The molecule has 0 saturated carbocycles. The Hall–Kier alpha value is -2.00. The second kappa shape index (κ2) is 4.59. The fraction of sp³-hybridized carbons (Fsp3) is 0.133. The average Bonchev–Trinajstić information content (AvgIpc) is 2.43. The summed E-state index contributed by atoms with van der Waals surface area (Å²) in [6.45, 7) is 0. The molecule has 0 N–H and O–H groups in total. The van der Waals surface area contributed by atoms with Crippen LogP contribution in [0.2, 0.25) is 0 Å². The lowest BCUT2D eigenvalue weighted by Crippen LogP contribution is -2.15. The van der Waals surface area contributed by atoms with Gasteiger partial charge in [-0.25, -0.2) is 0 Å². The maximum absolute atomic E-state index is 11.8. The van der Waals surface area contributed by atoms with Gasteiger partial charge in [0.15, 0.2) is 0 Å². The van der Waals surface area contributed by atoms with E-state index in [4.69, 9.17) is 21.1 Å². The monoisotopic (exact) mass is 274 g/mol. The lowest BCUT2D eigenvalue weighted by atomic mass is 9.89. The van der Waals surface area contributed by atoms with Gasteiger partial charge in [0.25, 0.3) is 0 Å². The summed E-state index contributed by atoms with van der Waals surface area (Å²) >= 11 is 5.77. The lowest BCUT2D eigenvalue weighted by molar-refractivity contribution is -0.112. The van der Waals surface area contributed by atoms with Crippen molar-refractivity contribution >= 4 is 16.8 Å². The minimum atomic E-state index is -0.517. The zero-order chi connectivity index (χ0) is 13.4. The van der Waals surface area contributed by atoms with Gasteiger partial charge in [-0.15, -0.1) is 0 Å². The van der Waals surface area contributed by atoms with E-state index < -0.39 is 11.2 Å². The van der Waals surface area contributed by atoms with E-state index in [0.29, 0.717) is 17.2 Å². The van der Waals surface area contributed by atoms with Crippen LogP contribution >= 0.6 is 11.6 Å². The third-order valence-corrected chi connectivity index (χ3v) is 3.42. The van der Waals surface area contributed by atoms with Crippen molar-refractivity contribution < 1.29 is 14.3 Å². The molecular weight excluding hydrogens is 264 g/mol. The molecule has 0 radical (unpaired) electrons. The number of hydrogen-bond donors (Lipinski definition) is 0. The molecule has 1 heterocycles. The van der Waals surface area contributed by atoms with Crippen molar-refractivity contribution in [3.05, 3.63) is 53.6 Å². The molecular formula is C15H11ClO3. The van der Waals surface area contributed by atoms with Crippen LogP contribution in [-0.2, 0) is 4.79 Å². The zero-order valence-corrected chi connectivity index (χ0v) is 11.0. The molecule has 2 aromatic carbocycles. The van der Waals surface area contributed by atoms with Crippen LogP contribution in [0.3, 0.4) is 0 Å². The SMILES string of the molecule is COc1ccc2c(c1)[C@H](C(=O)Cl)c1ccccc1O2. The summed E-state index contributed by atoms with van der Waals surface area (Å²) in [6.07, 6.45) is 0. The number of para-hydroxylation sites is 1. The summed E-state index contributed by atoms with van der Waals surface area (Å²) in [5.74, 6) is 1.46. The number of halogens is 1. The van der Waals surface area contributed by atoms with Gasteiger partial charge in [-0.2, -0.15) is 0 Å². The number of fused-ring (bicyclic) bond motifs is 2. The number of hydrogen-bond acceptors (Lipinski definition) is 3. The Bertz CT molecular complexity index is 652. The van der Waals surface area contributed by atoms with Crippen molar-refractivity contribution in [3.63, 3.8) is 0 Å². The molecule has 0 bridgehead atoms. The maximum atomic E-state index is 11.8. The molecule has 0 amide bonds. The van der Waals surface area contributed by atoms with Crippen LogP contribution in [0, 0.1) is 0 Å². The van der Waals surface area contributed by atoms with E-state index in [-0.39, 0.29) is 0 Å². The van der Waals surface area contributed by atoms with Crippen LogP contribution < -0.4 is 9.47 Å². The number of carbonyl (C=O) groups is 1. The van der Waals surface area contributed by atoms with Gasteiger partial charge in [-0.1, -0.05) is 18.2 Å². The fourth-order valence-corrected chi connectivity index (χ4v) is 2.55. The molecule has 96 valence electrons. The summed E-state index contributed by atoms with van der Waals surface area (Å²) in [6, 6.07) is 12.8. The first-order valence-corrected chi connectivity index (χ1v) is 6.22. The lowest BCUT2D eigenvalue weighted by Gasteiger charge is -2.26. The highest BCUT2D eigenvalue weighted by Crippen LogP contribution is 2.45.